The lowest BCUT2D eigenvalue weighted by Gasteiger charge is -2.05. The van der Waals surface area contributed by atoms with Crippen molar-refractivity contribution in [2.45, 2.75) is 25.7 Å². The van der Waals surface area contributed by atoms with Crippen LogP contribution in [0.5, 0.6) is 0 Å². The highest BCUT2D eigenvalue weighted by atomic mass is 16.2. The second kappa shape index (κ2) is 7.68. The quantitative estimate of drug-likeness (QED) is 0.490. The van der Waals surface area contributed by atoms with E-state index < -0.39 is 0 Å². The molecule has 17 heavy (non-hydrogen) atoms. The molecular weight excluding hydrogens is 216 g/mol. The zero-order chi connectivity index (χ0) is 12.5. The van der Waals surface area contributed by atoms with E-state index in [1.54, 1.807) is 0 Å². The Morgan fingerprint density at radius 1 is 1.24 bits per heavy atom. The number of carbonyl (C=O) groups is 1. The molecule has 1 aromatic rings. The van der Waals surface area contributed by atoms with E-state index in [0.29, 0.717) is 13.0 Å². The third-order valence-electron chi connectivity index (χ3n) is 2.53. The second-order valence-electron chi connectivity index (χ2n) is 4.02. The molecule has 0 spiro atoms. The van der Waals surface area contributed by atoms with Gasteiger partial charge in [0.25, 0.3) is 0 Å². The number of hydrogen-bond acceptors (Lipinski definition) is 3. The summed E-state index contributed by atoms with van der Waals surface area (Å²) in [5.74, 6) is 0.0553. The number of nitrogen functional groups attached to an aromatic ring is 1. The molecule has 0 aliphatic heterocycles. The highest BCUT2D eigenvalue weighted by molar-refractivity contribution is 5.76. The Bertz CT molecular complexity index is 336. The number of hydrogen-bond donors (Lipinski definition) is 3. The number of unbranched alkanes of at least 4 members (excludes halogenated alkanes) is 1. The fraction of sp³-hybridized carbons (Fsp3) is 0.462. The lowest BCUT2D eigenvalue weighted by molar-refractivity contribution is -0.121. The molecule has 0 heterocycles. The maximum atomic E-state index is 11.4. The number of carbonyl (C=O) groups excluding carboxylic acids is 1. The summed E-state index contributed by atoms with van der Waals surface area (Å²) in [6, 6.07) is 7.56. The van der Waals surface area contributed by atoms with Gasteiger partial charge in [-0.15, -0.1) is 0 Å². The van der Waals surface area contributed by atoms with Crippen LogP contribution >= 0.6 is 0 Å². The van der Waals surface area contributed by atoms with Gasteiger partial charge >= 0.3 is 0 Å². The minimum atomic E-state index is 0.0553. The predicted molar refractivity (Wildman–Crippen MR) is 68.5 cm³/mol. The summed E-state index contributed by atoms with van der Waals surface area (Å²) >= 11 is 0. The number of aryl methyl sites for hydroxylation is 1. The third-order valence-corrected chi connectivity index (χ3v) is 2.53. The van der Waals surface area contributed by atoms with Gasteiger partial charge < -0.3 is 16.2 Å². The van der Waals surface area contributed by atoms with Crippen LogP contribution in [0.4, 0.5) is 5.69 Å². The molecule has 0 saturated heterocycles. The minimum Gasteiger partial charge on any atom is -0.399 e. The van der Waals surface area contributed by atoms with Crippen molar-refractivity contribution in [3.05, 3.63) is 29.8 Å². The van der Waals surface area contributed by atoms with E-state index in [2.05, 4.69) is 5.32 Å². The van der Waals surface area contributed by atoms with Crippen molar-refractivity contribution in [2.24, 2.45) is 0 Å². The monoisotopic (exact) mass is 236 g/mol. The number of rotatable bonds is 7. The van der Waals surface area contributed by atoms with Crippen LogP contribution in [0.15, 0.2) is 24.3 Å². The summed E-state index contributed by atoms with van der Waals surface area (Å²) in [4.78, 5) is 11.4. The van der Waals surface area contributed by atoms with Gasteiger partial charge in [-0.1, -0.05) is 12.1 Å². The molecule has 1 rings (SSSR count). The Hall–Kier alpha value is -1.55. The van der Waals surface area contributed by atoms with Crippen molar-refractivity contribution in [1.82, 2.24) is 5.32 Å². The van der Waals surface area contributed by atoms with Gasteiger partial charge in [-0.25, -0.2) is 0 Å². The van der Waals surface area contributed by atoms with Crippen LogP contribution in [0.25, 0.3) is 0 Å². The number of anilines is 1. The fourth-order valence-corrected chi connectivity index (χ4v) is 1.50. The normalized spacial score (nSPS) is 10.2. The third kappa shape index (κ3) is 5.92. The molecule has 0 saturated carbocycles. The van der Waals surface area contributed by atoms with E-state index in [1.165, 1.54) is 0 Å². The number of aliphatic hydroxyl groups is 1. The van der Waals surface area contributed by atoms with Gasteiger partial charge in [0, 0.05) is 25.3 Å². The molecule has 1 amide bonds. The summed E-state index contributed by atoms with van der Waals surface area (Å²) < 4.78 is 0. The van der Waals surface area contributed by atoms with Gasteiger partial charge in [0.2, 0.25) is 5.91 Å². The molecule has 1 aromatic carbocycles. The summed E-state index contributed by atoms with van der Waals surface area (Å²) in [6.07, 6.45) is 2.78. The molecule has 0 aromatic heterocycles. The molecule has 4 N–H and O–H groups in total. The van der Waals surface area contributed by atoms with Crippen LogP contribution in [0.2, 0.25) is 0 Å². The zero-order valence-corrected chi connectivity index (χ0v) is 9.98. The average molecular weight is 236 g/mol. The molecule has 94 valence electrons. The highest BCUT2D eigenvalue weighted by Gasteiger charge is 2.01. The van der Waals surface area contributed by atoms with Gasteiger partial charge in [-0.05, 0) is 37.0 Å². The Morgan fingerprint density at radius 2 is 1.94 bits per heavy atom. The van der Waals surface area contributed by atoms with E-state index in [9.17, 15) is 4.79 Å². The molecule has 4 nitrogen and oxygen atoms in total. The number of benzene rings is 1. The van der Waals surface area contributed by atoms with Gasteiger partial charge in [-0.3, -0.25) is 4.79 Å². The molecule has 0 aliphatic rings. The fourth-order valence-electron chi connectivity index (χ4n) is 1.50. The Labute approximate surface area is 102 Å². The van der Waals surface area contributed by atoms with Crippen molar-refractivity contribution in [3.63, 3.8) is 0 Å². The Morgan fingerprint density at radius 3 is 2.59 bits per heavy atom. The van der Waals surface area contributed by atoms with E-state index in [-0.39, 0.29) is 12.5 Å². The van der Waals surface area contributed by atoms with Crippen molar-refractivity contribution in [2.75, 3.05) is 18.9 Å². The molecule has 0 atom stereocenters. The van der Waals surface area contributed by atoms with Crippen molar-refractivity contribution in [3.8, 4) is 0 Å². The first-order valence-electron chi connectivity index (χ1n) is 5.94. The van der Waals surface area contributed by atoms with Gasteiger partial charge in [0.1, 0.15) is 0 Å². The number of nitrogens with one attached hydrogen (secondary N) is 1. The Balaban J connectivity index is 2.17. The molecule has 0 fully saturated rings. The van der Waals surface area contributed by atoms with E-state index >= 15 is 0 Å². The smallest absolute Gasteiger partial charge is 0.220 e. The lowest BCUT2D eigenvalue weighted by Crippen LogP contribution is -2.24. The first kappa shape index (κ1) is 13.5. The number of nitrogens with two attached hydrogens (primary N) is 1. The van der Waals surface area contributed by atoms with Crippen molar-refractivity contribution in [1.29, 1.82) is 0 Å². The maximum absolute atomic E-state index is 11.4. The average Bonchev–Trinajstić information content (AvgIpc) is 2.34. The summed E-state index contributed by atoms with van der Waals surface area (Å²) in [7, 11) is 0. The van der Waals surface area contributed by atoms with Crippen LogP contribution in [-0.4, -0.2) is 24.2 Å². The Kier molecular flexibility index (Phi) is 6.10. The molecule has 0 radical (unpaired) electrons. The molecule has 0 unspecified atom stereocenters. The van der Waals surface area contributed by atoms with Crippen LogP contribution < -0.4 is 11.1 Å². The lowest BCUT2D eigenvalue weighted by atomic mass is 10.1. The second-order valence-corrected chi connectivity index (χ2v) is 4.02. The summed E-state index contributed by atoms with van der Waals surface area (Å²) in [5.41, 5.74) is 7.43. The SMILES string of the molecule is Nc1ccc(CCC(=O)NCCCCO)cc1. The van der Waals surface area contributed by atoms with Crippen LogP contribution in [0, 0.1) is 0 Å². The topological polar surface area (TPSA) is 75.4 Å². The first-order chi connectivity index (χ1) is 8.22. The molecule has 0 bridgehead atoms. The van der Waals surface area contributed by atoms with Crippen LogP contribution in [0.1, 0.15) is 24.8 Å². The van der Waals surface area contributed by atoms with E-state index in [1.807, 2.05) is 24.3 Å². The summed E-state index contributed by atoms with van der Waals surface area (Å²) in [6.45, 7) is 0.822. The standard InChI is InChI=1S/C13H20N2O2/c14-12-6-3-11(4-7-12)5-8-13(17)15-9-1-2-10-16/h3-4,6-7,16H,1-2,5,8-10,14H2,(H,15,17). The largest absolute Gasteiger partial charge is 0.399 e. The number of aliphatic hydroxyl groups excluding tert-OH is 1. The highest BCUT2D eigenvalue weighted by Crippen LogP contribution is 2.07. The van der Waals surface area contributed by atoms with Crippen molar-refractivity contribution >= 4 is 11.6 Å². The summed E-state index contributed by atoms with van der Waals surface area (Å²) in [5, 5.41) is 11.4. The first-order valence-corrected chi connectivity index (χ1v) is 5.94. The van der Waals surface area contributed by atoms with E-state index in [0.717, 1.165) is 30.5 Å². The number of amides is 1. The molecule has 4 heteroatoms. The van der Waals surface area contributed by atoms with Crippen molar-refractivity contribution < 1.29 is 9.90 Å². The minimum absolute atomic E-state index is 0.0553. The van der Waals surface area contributed by atoms with Gasteiger partial charge in [0.05, 0.1) is 0 Å². The van der Waals surface area contributed by atoms with Gasteiger partial charge in [0.15, 0.2) is 0 Å². The maximum Gasteiger partial charge on any atom is 0.220 e. The zero-order valence-electron chi connectivity index (χ0n) is 9.98. The molecular formula is C13H20N2O2. The van der Waals surface area contributed by atoms with Crippen LogP contribution in [-0.2, 0) is 11.2 Å². The van der Waals surface area contributed by atoms with E-state index in [4.69, 9.17) is 10.8 Å². The molecule has 0 aliphatic carbocycles. The predicted octanol–water partition coefficient (Wildman–Crippen LogP) is 1.09. The van der Waals surface area contributed by atoms with Crippen LogP contribution in [0.3, 0.4) is 0 Å². The van der Waals surface area contributed by atoms with Gasteiger partial charge in [-0.2, -0.15) is 0 Å².